The van der Waals surface area contributed by atoms with Crippen molar-refractivity contribution in [3.63, 3.8) is 0 Å². The van der Waals surface area contributed by atoms with Crippen LogP contribution in [0, 0.1) is 10.1 Å². The second-order valence-electron chi connectivity index (χ2n) is 4.17. The van der Waals surface area contributed by atoms with Crippen LogP contribution >= 0.6 is 0 Å². The van der Waals surface area contributed by atoms with Crippen molar-refractivity contribution in [3.8, 4) is 0 Å². The molecule has 84 valence electrons. The molecule has 0 amide bonds. The second-order valence-corrected chi connectivity index (χ2v) is 4.17. The topological polar surface area (TPSA) is 69.2 Å². The Bertz CT molecular complexity index is 700. The van der Waals surface area contributed by atoms with E-state index in [0.29, 0.717) is 5.57 Å². The molecule has 4 nitrogen and oxygen atoms in total. The summed E-state index contributed by atoms with van der Waals surface area (Å²) in [5.74, 6) is 0. The van der Waals surface area contributed by atoms with Crippen LogP contribution in [0.1, 0.15) is 0 Å². The van der Waals surface area contributed by atoms with Crippen LogP contribution < -0.4 is 16.2 Å². The van der Waals surface area contributed by atoms with Gasteiger partial charge in [0.05, 0.1) is 10.5 Å². The van der Waals surface area contributed by atoms with Crippen molar-refractivity contribution in [1.82, 2.24) is 0 Å². The molecule has 1 atom stereocenters. The highest BCUT2D eigenvalue weighted by molar-refractivity contribution is 5.88. The van der Waals surface area contributed by atoms with E-state index in [4.69, 9.17) is 5.73 Å². The van der Waals surface area contributed by atoms with Gasteiger partial charge in [-0.2, -0.15) is 0 Å². The van der Waals surface area contributed by atoms with Gasteiger partial charge in [-0.1, -0.05) is 36.4 Å². The number of allylic oxidation sites excluding steroid dienone is 2. The molecule has 2 N–H and O–H groups in total. The average molecular weight is 226 g/mol. The van der Waals surface area contributed by atoms with Gasteiger partial charge in [0.15, 0.2) is 0 Å². The number of nitrogens with two attached hydrogens (primary N) is 1. The van der Waals surface area contributed by atoms with Crippen LogP contribution in [0.5, 0.6) is 0 Å². The van der Waals surface area contributed by atoms with Crippen molar-refractivity contribution in [3.05, 3.63) is 68.6 Å². The second kappa shape index (κ2) is 3.15. The predicted molar refractivity (Wildman–Crippen MR) is 64.7 cm³/mol. The third kappa shape index (κ3) is 1.21. The van der Waals surface area contributed by atoms with E-state index in [2.05, 4.69) is 0 Å². The van der Waals surface area contributed by atoms with Crippen LogP contribution in [0.4, 0.5) is 0 Å². The molecule has 1 aromatic carbocycles. The zero-order valence-electron chi connectivity index (χ0n) is 8.96. The van der Waals surface area contributed by atoms with Gasteiger partial charge in [0.25, 0.3) is 0 Å². The van der Waals surface area contributed by atoms with E-state index in [9.17, 15) is 10.1 Å². The monoisotopic (exact) mass is 226 g/mol. The zero-order valence-corrected chi connectivity index (χ0v) is 8.96. The van der Waals surface area contributed by atoms with Crippen LogP contribution in [0.25, 0.3) is 11.6 Å². The maximum absolute atomic E-state index is 11.2. The van der Waals surface area contributed by atoms with Gasteiger partial charge in [0.1, 0.15) is 0 Å². The minimum atomic E-state index is -1.62. The number of rotatable bonds is 1. The third-order valence-electron chi connectivity index (χ3n) is 3.16. The van der Waals surface area contributed by atoms with Gasteiger partial charge in [-0.15, -0.1) is 0 Å². The molecule has 0 heterocycles. The summed E-state index contributed by atoms with van der Waals surface area (Å²) in [6.45, 7) is 0. The number of nitrogens with zero attached hydrogens (tertiary/aromatic N) is 1. The molecule has 3 rings (SSSR count). The standard InChI is InChI=1S/C13H10N2O2/c14-13(15(16)17)7-3-5-10-8-9-4-1-2-6-11(9)12(10)13/h1-8H,14H2. The maximum Gasteiger partial charge on any atom is 0.318 e. The van der Waals surface area contributed by atoms with Gasteiger partial charge in [0, 0.05) is 6.08 Å². The van der Waals surface area contributed by atoms with E-state index in [1.165, 1.54) is 6.08 Å². The van der Waals surface area contributed by atoms with Gasteiger partial charge >= 0.3 is 5.66 Å². The highest BCUT2D eigenvalue weighted by atomic mass is 16.6. The molecular formula is C13H10N2O2. The first-order valence-corrected chi connectivity index (χ1v) is 5.28. The van der Waals surface area contributed by atoms with E-state index in [1.807, 2.05) is 36.4 Å². The van der Waals surface area contributed by atoms with Crippen LogP contribution in [-0.4, -0.2) is 10.6 Å². The molecule has 0 radical (unpaired) electrons. The third-order valence-corrected chi connectivity index (χ3v) is 3.16. The summed E-state index contributed by atoms with van der Waals surface area (Å²) in [7, 11) is 0. The van der Waals surface area contributed by atoms with Gasteiger partial charge in [0.2, 0.25) is 0 Å². The molecule has 0 aliphatic heterocycles. The Morgan fingerprint density at radius 2 is 2.06 bits per heavy atom. The maximum atomic E-state index is 11.2. The summed E-state index contributed by atoms with van der Waals surface area (Å²) >= 11 is 0. The van der Waals surface area contributed by atoms with Crippen molar-refractivity contribution >= 4 is 11.6 Å². The first-order valence-electron chi connectivity index (χ1n) is 5.28. The van der Waals surface area contributed by atoms with Gasteiger partial charge in [-0.25, -0.2) is 0 Å². The Balaban J connectivity index is 2.44. The smallest absolute Gasteiger partial charge is 0.262 e. The molecule has 4 heteroatoms. The highest BCUT2D eigenvalue weighted by Crippen LogP contribution is 2.30. The van der Waals surface area contributed by atoms with E-state index in [0.717, 1.165) is 16.0 Å². The Hall–Kier alpha value is -2.20. The minimum absolute atomic E-state index is 0.443. The first-order chi connectivity index (χ1) is 8.13. The number of nitro groups is 1. The Labute approximate surface area is 97.2 Å². The number of fused-ring (bicyclic) bond motifs is 2. The predicted octanol–water partition coefficient (Wildman–Crippen LogP) is 0.0593. The summed E-state index contributed by atoms with van der Waals surface area (Å²) in [6.07, 6.45) is 6.86. The van der Waals surface area contributed by atoms with E-state index in [-0.39, 0.29) is 0 Å². The van der Waals surface area contributed by atoms with Crippen molar-refractivity contribution in [2.45, 2.75) is 5.66 Å². The quantitative estimate of drug-likeness (QED) is 0.418. The van der Waals surface area contributed by atoms with Gasteiger partial charge in [-0.05, 0) is 22.1 Å². The number of hydrogen-bond donors (Lipinski definition) is 1. The first kappa shape index (κ1) is 9.99. The van der Waals surface area contributed by atoms with E-state index in [1.54, 1.807) is 6.08 Å². The fourth-order valence-electron chi connectivity index (χ4n) is 2.36. The largest absolute Gasteiger partial charge is 0.318 e. The fraction of sp³-hybridized carbons (Fsp3) is 0.0769. The number of hydrogen-bond acceptors (Lipinski definition) is 3. The molecule has 0 bridgehead atoms. The molecule has 1 unspecified atom stereocenters. The van der Waals surface area contributed by atoms with Gasteiger partial charge in [-0.3, -0.25) is 15.8 Å². The summed E-state index contributed by atoms with van der Waals surface area (Å²) in [6, 6.07) is 7.57. The molecule has 0 aromatic heterocycles. The summed E-state index contributed by atoms with van der Waals surface area (Å²) < 4.78 is 0. The van der Waals surface area contributed by atoms with Crippen LogP contribution in [0.2, 0.25) is 0 Å². The Morgan fingerprint density at radius 3 is 2.82 bits per heavy atom. The lowest BCUT2D eigenvalue weighted by Crippen LogP contribution is -2.50. The lowest BCUT2D eigenvalue weighted by atomic mass is 9.90. The SMILES string of the molecule is NC1([N+](=O)[O-])C=CC=C2C=c3ccccc3=C21. The van der Waals surface area contributed by atoms with Crippen molar-refractivity contribution in [2.75, 3.05) is 0 Å². The molecule has 0 saturated carbocycles. The Kier molecular flexibility index (Phi) is 1.85. The highest BCUT2D eigenvalue weighted by Gasteiger charge is 2.44. The lowest BCUT2D eigenvalue weighted by Gasteiger charge is -2.22. The van der Waals surface area contributed by atoms with Crippen LogP contribution in [0.3, 0.4) is 0 Å². The van der Waals surface area contributed by atoms with Crippen LogP contribution in [-0.2, 0) is 0 Å². The Morgan fingerprint density at radius 1 is 1.29 bits per heavy atom. The molecule has 0 spiro atoms. The molecule has 0 fully saturated rings. The zero-order chi connectivity index (χ0) is 12.0. The fourth-order valence-corrected chi connectivity index (χ4v) is 2.36. The minimum Gasteiger partial charge on any atom is -0.262 e. The lowest BCUT2D eigenvalue weighted by molar-refractivity contribution is -0.535. The molecule has 2 aliphatic rings. The van der Waals surface area contributed by atoms with Crippen molar-refractivity contribution < 1.29 is 4.92 Å². The molecule has 2 aliphatic carbocycles. The van der Waals surface area contributed by atoms with E-state index < -0.39 is 10.6 Å². The van der Waals surface area contributed by atoms with Crippen molar-refractivity contribution in [1.29, 1.82) is 0 Å². The van der Waals surface area contributed by atoms with E-state index >= 15 is 0 Å². The summed E-state index contributed by atoms with van der Waals surface area (Å²) in [4.78, 5) is 10.8. The van der Waals surface area contributed by atoms with Crippen LogP contribution in [0.15, 0.2) is 48.1 Å². The van der Waals surface area contributed by atoms with Gasteiger partial charge < -0.3 is 0 Å². The van der Waals surface area contributed by atoms with Crippen molar-refractivity contribution in [2.24, 2.45) is 5.73 Å². The normalized spacial score (nSPS) is 24.8. The summed E-state index contributed by atoms with van der Waals surface area (Å²) in [5.41, 5.74) is 5.71. The molecule has 1 aromatic rings. The number of benzene rings is 1. The molecule has 17 heavy (non-hydrogen) atoms. The summed E-state index contributed by atoms with van der Waals surface area (Å²) in [5, 5.41) is 13.0. The average Bonchev–Trinajstić information content (AvgIpc) is 2.68. The molecular weight excluding hydrogens is 216 g/mol. The molecule has 0 saturated heterocycles.